The average Bonchev–Trinajstić information content (AvgIpc) is 2.96. The van der Waals surface area contributed by atoms with Gasteiger partial charge in [0.25, 0.3) is 0 Å². The van der Waals surface area contributed by atoms with Crippen LogP contribution in [0.1, 0.15) is 53.0 Å². The van der Waals surface area contributed by atoms with E-state index in [1.165, 1.54) is 17.0 Å². The number of halogens is 1. The Hall–Kier alpha value is -1.26. The molecule has 1 heterocycles. The Morgan fingerprint density at radius 2 is 2.10 bits per heavy atom. The van der Waals surface area contributed by atoms with Gasteiger partial charge in [0.15, 0.2) is 0 Å². The van der Waals surface area contributed by atoms with Crippen molar-refractivity contribution in [3.05, 3.63) is 50.7 Å². The van der Waals surface area contributed by atoms with Crippen molar-refractivity contribution >= 4 is 11.3 Å². The molecule has 0 saturated carbocycles. The van der Waals surface area contributed by atoms with E-state index in [0.717, 1.165) is 29.0 Å². The minimum atomic E-state index is -0.179. The van der Waals surface area contributed by atoms with E-state index in [2.05, 4.69) is 19.2 Å². The van der Waals surface area contributed by atoms with Crippen molar-refractivity contribution in [2.75, 3.05) is 0 Å². The predicted molar refractivity (Wildman–Crippen MR) is 85.4 cm³/mol. The number of benzene rings is 1. The third kappa shape index (κ3) is 3.01. The zero-order valence-electron chi connectivity index (χ0n) is 12.7. The number of hydrogen-bond donors (Lipinski definition) is 1. The second-order valence-electron chi connectivity index (χ2n) is 6.03. The van der Waals surface area contributed by atoms with Gasteiger partial charge >= 0.3 is 0 Å². The SMILES string of the molecule is Cc1cc(F)ccc1C(NC(C)C)c1nc2c(s1)CCC2. The highest BCUT2D eigenvalue weighted by molar-refractivity contribution is 7.11. The third-order valence-corrected chi connectivity index (χ3v) is 5.12. The molecule has 0 fully saturated rings. The topological polar surface area (TPSA) is 24.9 Å². The molecule has 21 heavy (non-hydrogen) atoms. The van der Waals surface area contributed by atoms with Crippen molar-refractivity contribution in [2.45, 2.75) is 52.1 Å². The van der Waals surface area contributed by atoms with E-state index in [0.29, 0.717) is 6.04 Å². The Morgan fingerprint density at radius 3 is 2.76 bits per heavy atom. The number of aryl methyl sites for hydroxylation is 3. The van der Waals surface area contributed by atoms with Gasteiger partial charge in [-0.2, -0.15) is 0 Å². The fourth-order valence-electron chi connectivity index (χ4n) is 2.92. The number of aromatic nitrogens is 1. The summed E-state index contributed by atoms with van der Waals surface area (Å²) in [5.41, 5.74) is 3.37. The number of thiazole rings is 1. The van der Waals surface area contributed by atoms with E-state index < -0.39 is 0 Å². The predicted octanol–water partition coefficient (Wildman–Crippen LogP) is 4.17. The Labute approximate surface area is 129 Å². The van der Waals surface area contributed by atoms with Crippen LogP contribution in [-0.2, 0) is 12.8 Å². The minimum absolute atomic E-state index is 0.0567. The lowest BCUT2D eigenvalue weighted by atomic mass is 10.0. The first-order chi connectivity index (χ1) is 10.0. The fraction of sp³-hybridized carbons (Fsp3) is 0.471. The number of nitrogens with one attached hydrogen (secondary N) is 1. The van der Waals surface area contributed by atoms with Crippen LogP contribution in [0.4, 0.5) is 4.39 Å². The first-order valence-electron chi connectivity index (χ1n) is 7.55. The maximum Gasteiger partial charge on any atom is 0.123 e. The first-order valence-corrected chi connectivity index (χ1v) is 8.37. The molecule has 3 rings (SSSR count). The molecule has 0 saturated heterocycles. The summed E-state index contributed by atoms with van der Waals surface area (Å²) in [6.07, 6.45) is 3.48. The van der Waals surface area contributed by atoms with Crippen LogP contribution in [0.2, 0.25) is 0 Å². The van der Waals surface area contributed by atoms with Crippen LogP contribution in [0.5, 0.6) is 0 Å². The van der Waals surface area contributed by atoms with Crippen LogP contribution in [0.25, 0.3) is 0 Å². The molecule has 0 aliphatic heterocycles. The molecule has 0 amide bonds. The molecule has 1 atom stereocenters. The van der Waals surface area contributed by atoms with E-state index >= 15 is 0 Å². The van der Waals surface area contributed by atoms with E-state index in [1.807, 2.05) is 24.3 Å². The molecule has 1 aliphatic carbocycles. The normalized spacial score (nSPS) is 15.5. The highest BCUT2D eigenvalue weighted by Crippen LogP contribution is 2.34. The Bertz CT molecular complexity index is 627. The molecule has 112 valence electrons. The van der Waals surface area contributed by atoms with E-state index in [1.54, 1.807) is 12.1 Å². The monoisotopic (exact) mass is 304 g/mol. The molecule has 1 unspecified atom stereocenters. The molecule has 1 aromatic carbocycles. The lowest BCUT2D eigenvalue weighted by Crippen LogP contribution is -2.29. The van der Waals surface area contributed by atoms with Crippen molar-refractivity contribution in [3.63, 3.8) is 0 Å². The average molecular weight is 304 g/mol. The summed E-state index contributed by atoms with van der Waals surface area (Å²) < 4.78 is 13.4. The molecule has 0 bridgehead atoms. The van der Waals surface area contributed by atoms with Gasteiger partial charge in [-0.1, -0.05) is 6.07 Å². The smallest absolute Gasteiger partial charge is 0.123 e. The van der Waals surface area contributed by atoms with Crippen LogP contribution < -0.4 is 5.32 Å². The summed E-state index contributed by atoms with van der Waals surface area (Å²) in [7, 11) is 0. The van der Waals surface area contributed by atoms with Gasteiger partial charge in [-0.25, -0.2) is 9.37 Å². The van der Waals surface area contributed by atoms with E-state index in [9.17, 15) is 4.39 Å². The number of hydrogen-bond acceptors (Lipinski definition) is 3. The largest absolute Gasteiger partial charge is 0.302 e. The van der Waals surface area contributed by atoms with Gasteiger partial charge in [0.05, 0.1) is 11.7 Å². The van der Waals surface area contributed by atoms with Crippen molar-refractivity contribution < 1.29 is 4.39 Å². The maximum atomic E-state index is 13.4. The van der Waals surface area contributed by atoms with E-state index in [4.69, 9.17) is 4.98 Å². The zero-order valence-corrected chi connectivity index (χ0v) is 13.6. The lowest BCUT2D eigenvalue weighted by molar-refractivity contribution is 0.523. The summed E-state index contributed by atoms with van der Waals surface area (Å²) in [6, 6.07) is 5.43. The molecular formula is C17H21FN2S. The summed E-state index contributed by atoms with van der Waals surface area (Å²) >= 11 is 1.81. The summed E-state index contributed by atoms with van der Waals surface area (Å²) in [4.78, 5) is 6.28. The van der Waals surface area contributed by atoms with Gasteiger partial charge in [0.1, 0.15) is 10.8 Å². The molecule has 1 aliphatic rings. The molecule has 4 heteroatoms. The Balaban J connectivity index is 2.00. The highest BCUT2D eigenvalue weighted by atomic mass is 32.1. The Kier molecular flexibility index (Phi) is 4.09. The summed E-state index contributed by atoms with van der Waals surface area (Å²) in [5, 5.41) is 4.70. The van der Waals surface area contributed by atoms with Crippen LogP contribution >= 0.6 is 11.3 Å². The van der Waals surface area contributed by atoms with Crippen molar-refractivity contribution in [2.24, 2.45) is 0 Å². The van der Waals surface area contributed by atoms with Crippen LogP contribution in [-0.4, -0.2) is 11.0 Å². The zero-order chi connectivity index (χ0) is 15.0. The maximum absolute atomic E-state index is 13.4. The van der Waals surface area contributed by atoms with Crippen LogP contribution in [0.15, 0.2) is 18.2 Å². The second-order valence-corrected chi connectivity index (χ2v) is 7.15. The van der Waals surface area contributed by atoms with Gasteiger partial charge in [-0.3, -0.25) is 0 Å². The highest BCUT2D eigenvalue weighted by Gasteiger charge is 2.24. The number of nitrogens with zero attached hydrogens (tertiary/aromatic N) is 1. The second kappa shape index (κ2) is 5.85. The molecule has 2 aromatic rings. The summed E-state index contributed by atoms with van der Waals surface area (Å²) in [6.45, 7) is 6.23. The molecule has 0 radical (unpaired) electrons. The van der Waals surface area contributed by atoms with Crippen molar-refractivity contribution in [1.29, 1.82) is 0 Å². The van der Waals surface area contributed by atoms with Crippen LogP contribution in [0.3, 0.4) is 0 Å². The van der Waals surface area contributed by atoms with Gasteiger partial charge < -0.3 is 5.32 Å². The first kappa shape index (κ1) is 14.7. The van der Waals surface area contributed by atoms with E-state index in [-0.39, 0.29) is 11.9 Å². The third-order valence-electron chi connectivity index (χ3n) is 3.90. The number of rotatable bonds is 4. The molecule has 1 aromatic heterocycles. The Morgan fingerprint density at radius 1 is 1.29 bits per heavy atom. The van der Waals surface area contributed by atoms with Gasteiger partial charge in [0, 0.05) is 10.9 Å². The number of fused-ring (bicyclic) bond motifs is 1. The fourth-order valence-corrected chi connectivity index (χ4v) is 4.16. The standard InChI is InChI=1S/C17H21FN2S/c1-10(2)19-16(13-8-7-12(18)9-11(13)3)17-20-14-5-4-6-15(14)21-17/h7-10,16,19H,4-6H2,1-3H3. The van der Waals surface area contributed by atoms with Crippen LogP contribution in [0, 0.1) is 12.7 Å². The molecule has 0 spiro atoms. The lowest BCUT2D eigenvalue weighted by Gasteiger charge is -2.21. The molecule has 1 N–H and O–H groups in total. The molecule has 2 nitrogen and oxygen atoms in total. The quantitative estimate of drug-likeness (QED) is 0.917. The molecular weight excluding hydrogens is 283 g/mol. The van der Waals surface area contributed by atoms with Gasteiger partial charge in [0.2, 0.25) is 0 Å². The van der Waals surface area contributed by atoms with Gasteiger partial charge in [-0.05, 0) is 63.3 Å². The minimum Gasteiger partial charge on any atom is -0.302 e. The van der Waals surface area contributed by atoms with Crippen molar-refractivity contribution in [1.82, 2.24) is 10.3 Å². The van der Waals surface area contributed by atoms with Crippen molar-refractivity contribution in [3.8, 4) is 0 Å². The summed E-state index contributed by atoms with van der Waals surface area (Å²) in [5.74, 6) is -0.179. The van der Waals surface area contributed by atoms with Gasteiger partial charge in [-0.15, -0.1) is 11.3 Å².